The van der Waals surface area contributed by atoms with Crippen molar-refractivity contribution in [3.05, 3.63) is 50.2 Å². The van der Waals surface area contributed by atoms with Crippen molar-refractivity contribution in [2.24, 2.45) is 13.0 Å². The number of Topliss-reactive ketones (excluding diaryl/α,β-unsaturated/α-hetero) is 2. The maximum absolute atomic E-state index is 12.6. The summed E-state index contributed by atoms with van der Waals surface area (Å²) in [6, 6.07) is 4.45. The van der Waals surface area contributed by atoms with Gasteiger partial charge in [-0.3, -0.25) is 23.5 Å². The molecular formula is C22H27N3O8. The van der Waals surface area contributed by atoms with Crippen LogP contribution >= 0.6 is 0 Å². The third-order valence-corrected chi connectivity index (χ3v) is 4.69. The number of anilines is 1. The second-order valence-corrected chi connectivity index (χ2v) is 7.71. The smallest absolute Gasteiger partial charge is 0.344 e. The van der Waals surface area contributed by atoms with Crippen LogP contribution in [-0.4, -0.2) is 47.0 Å². The summed E-state index contributed by atoms with van der Waals surface area (Å²) in [6.45, 7) is 3.99. The largest absolute Gasteiger partial charge is 0.493 e. The normalized spacial score (nSPS) is 10.7. The molecule has 1 aromatic carbocycles. The van der Waals surface area contributed by atoms with E-state index in [9.17, 15) is 24.0 Å². The first kappa shape index (κ1) is 25.4. The Kier molecular flexibility index (Phi) is 8.16. The summed E-state index contributed by atoms with van der Waals surface area (Å²) in [5.41, 5.74) is 4.41. The summed E-state index contributed by atoms with van der Waals surface area (Å²) in [7, 11) is 2.62. The Balaban J connectivity index is 2.10. The standard InChI is InChI=1S/C22H27N3O8/c1-12(2)9-25-20(23)19(21(29)24(4)22(25)30)15(27)10-33-18(28)11-32-16-7-6-14(13(3)26)8-17(16)31-5/h6-8,12H,9-11,23H2,1-5H3. The van der Waals surface area contributed by atoms with E-state index in [1.807, 2.05) is 13.8 Å². The van der Waals surface area contributed by atoms with Gasteiger partial charge in [0.25, 0.3) is 5.56 Å². The quantitative estimate of drug-likeness (QED) is 0.400. The lowest BCUT2D eigenvalue weighted by molar-refractivity contribution is -0.144. The van der Waals surface area contributed by atoms with E-state index < -0.39 is 41.8 Å². The number of esters is 1. The zero-order chi connectivity index (χ0) is 24.9. The number of hydrogen-bond donors (Lipinski definition) is 1. The number of aromatic nitrogens is 2. The Morgan fingerprint density at radius 2 is 1.76 bits per heavy atom. The van der Waals surface area contributed by atoms with Crippen molar-refractivity contribution in [2.75, 3.05) is 26.1 Å². The molecule has 0 saturated heterocycles. The minimum absolute atomic E-state index is 0.0296. The molecule has 2 N–H and O–H groups in total. The Bertz CT molecular complexity index is 1190. The van der Waals surface area contributed by atoms with Crippen LogP contribution in [0, 0.1) is 5.92 Å². The minimum atomic E-state index is -0.882. The molecule has 0 radical (unpaired) electrons. The van der Waals surface area contributed by atoms with Gasteiger partial charge in [0.05, 0.1) is 7.11 Å². The van der Waals surface area contributed by atoms with Crippen molar-refractivity contribution in [2.45, 2.75) is 27.3 Å². The van der Waals surface area contributed by atoms with Crippen molar-refractivity contribution in [3.63, 3.8) is 0 Å². The number of benzene rings is 1. The van der Waals surface area contributed by atoms with E-state index >= 15 is 0 Å². The van der Waals surface area contributed by atoms with Gasteiger partial charge < -0.3 is 19.9 Å². The second-order valence-electron chi connectivity index (χ2n) is 7.71. The first-order valence-corrected chi connectivity index (χ1v) is 10.1. The molecule has 11 heteroatoms. The van der Waals surface area contributed by atoms with Crippen LogP contribution in [0.4, 0.5) is 5.82 Å². The van der Waals surface area contributed by atoms with Crippen LogP contribution < -0.4 is 26.5 Å². The molecule has 0 aliphatic rings. The van der Waals surface area contributed by atoms with Gasteiger partial charge in [-0.1, -0.05) is 13.8 Å². The fourth-order valence-corrected chi connectivity index (χ4v) is 2.99. The molecule has 2 rings (SSSR count). The van der Waals surface area contributed by atoms with Gasteiger partial charge in [-0.2, -0.15) is 0 Å². The van der Waals surface area contributed by atoms with Crippen LogP contribution in [-0.2, 0) is 23.1 Å². The lowest BCUT2D eigenvalue weighted by Crippen LogP contribution is -2.43. The molecule has 1 aromatic heterocycles. The van der Waals surface area contributed by atoms with Gasteiger partial charge in [-0.05, 0) is 31.0 Å². The number of nitrogens with zero attached hydrogens (tertiary/aromatic N) is 2. The third kappa shape index (κ3) is 5.88. The van der Waals surface area contributed by atoms with E-state index in [4.69, 9.17) is 19.9 Å². The van der Waals surface area contributed by atoms with Crippen LogP contribution in [0.1, 0.15) is 41.5 Å². The average molecular weight is 461 g/mol. The van der Waals surface area contributed by atoms with Gasteiger partial charge in [0.1, 0.15) is 11.4 Å². The lowest BCUT2D eigenvalue weighted by atomic mass is 10.1. The highest BCUT2D eigenvalue weighted by Gasteiger charge is 2.23. The predicted molar refractivity (Wildman–Crippen MR) is 119 cm³/mol. The van der Waals surface area contributed by atoms with E-state index in [0.29, 0.717) is 5.56 Å². The average Bonchev–Trinajstić information content (AvgIpc) is 2.77. The molecule has 0 aliphatic heterocycles. The number of nitrogen functional groups attached to an aromatic ring is 1. The number of methoxy groups -OCH3 is 1. The highest BCUT2D eigenvalue weighted by molar-refractivity contribution is 6.01. The van der Waals surface area contributed by atoms with Gasteiger partial charge in [-0.25, -0.2) is 9.59 Å². The lowest BCUT2D eigenvalue weighted by Gasteiger charge is -2.16. The summed E-state index contributed by atoms with van der Waals surface area (Å²) < 4.78 is 17.3. The number of rotatable bonds is 10. The first-order valence-electron chi connectivity index (χ1n) is 10.1. The maximum atomic E-state index is 12.6. The van der Waals surface area contributed by atoms with Crippen molar-refractivity contribution in [1.82, 2.24) is 9.13 Å². The topological polar surface area (TPSA) is 149 Å². The minimum Gasteiger partial charge on any atom is -0.493 e. The molecule has 178 valence electrons. The summed E-state index contributed by atoms with van der Waals surface area (Å²) in [4.78, 5) is 60.9. The number of carbonyl (C=O) groups excluding carboxylic acids is 3. The van der Waals surface area contributed by atoms with Crippen LogP contribution in [0.2, 0.25) is 0 Å². The summed E-state index contributed by atoms with van der Waals surface area (Å²) in [5, 5.41) is 0. The number of ether oxygens (including phenoxy) is 3. The van der Waals surface area contributed by atoms with E-state index in [1.54, 1.807) is 0 Å². The van der Waals surface area contributed by atoms with Gasteiger partial charge in [-0.15, -0.1) is 0 Å². The molecule has 1 heterocycles. The molecule has 0 spiro atoms. The van der Waals surface area contributed by atoms with Gasteiger partial charge in [0.15, 0.2) is 30.5 Å². The second kappa shape index (κ2) is 10.6. The van der Waals surface area contributed by atoms with E-state index in [1.165, 1.54) is 39.3 Å². The molecule has 0 bridgehead atoms. The Hall–Kier alpha value is -3.89. The van der Waals surface area contributed by atoms with E-state index in [0.717, 1.165) is 9.13 Å². The fourth-order valence-electron chi connectivity index (χ4n) is 2.99. The van der Waals surface area contributed by atoms with Crippen LogP contribution in [0.25, 0.3) is 0 Å². The Labute approximate surface area is 189 Å². The SMILES string of the molecule is COc1cc(C(C)=O)ccc1OCC(=O)OCC(=O)c1c(N)n(CC(C)C)c(=O)n(C)c1=O. The molecule has 2 aromatic rings. The molecule has 0 amide bonds. The van der Waals surface area contributed by atoms with Gasteiger partial charge >= 0.3 is 11.7 Å². The predicted octanol–water partition coefficient (Wildman–Crippen LogP) is 0.801. The van der Waals surface area contributed by atoms with Crippen LogP contribution in [0.15, 0.2) is 27.8 Å². The van der Waals surface area contributed by atoms with Crippen molar-refractivity contribution in [1.29, 1.82) is 0 Å². The Morgan fingerprint density at radius 1 is 1.09 bits per heavy atom. The van der Waals surface area contributed by atoms with E-state index in [-0.39, 0.29) is 35.6 Å². The highest BCUT2D eigenvalue weighted by atomic mass is 16.6. The number of ketones is 2. The number of nitrogens with two attached hydrogens (primary N) is 1. The van der Waals surface area contributed by atoms with Crippen LogP contribution in [0.3, 0.4) is 0 Å². The summed E-state index contributed by atoms with van der Waals surface area (Å²) in [6.07, 6.45) is 0. The highest BCUT2D eigenvalue weighted by Crippen LogP contribution is 2.28. The third-order valence-electron chi connectivity index (χ3n) is 4.69. The van der Waals surface area contributed by atoms with Crippen molar-refractivity contribution in [3.8, 4) is 11.5 Å². The van der Waals surface area contributed by atoms with E-state index in [2.05, 4.69) is 0 Å². The molecule has 0 saturated carbocycles. The number of carbonyl (C=O) groups is 3. The maximum Gasteiger partial charge on any atom is 0.344 e. The van der Waals surface area contributed by atoms with Gasteiger partial charge in [0, 0.05) is 19.2 Å². The molecule has 33 heavy (non-hydrogen) atoms. The zero-order valence-electron chi connectivity index (χ0n) is 19.2. The van der Waals surface area contributed by atoms with Crippen molar-refractivity contribution < 1.29 is 28.6 Å². The molecular weight excluding hydrogens is 434 g/mol. The summed E-state index contributed by atoms with van der Waals surface area (Å²) in [5.74, 6) is -1.69. The molecule has 11 nitrogen and oxygen atoms in total. The van der Waals surface area contributed by atoms with Crippen molar-refractivity contribution >= 4 is 23.4 Å². The first-order chi connectivity index (χ1) is 15.5. The van der Waals surface area contributed by atoms with Gasteiger partial charge in [0.2, 0.25) is 5.78 Å². The molecule has 0 aliphatic carbocycles. The monoisotopic (exact) mass is 461 g/mol. The molecule has 0 fully saturated rings. The molecule has 0 atom stereocenters. The summed E-state index contributed by atoms with van der Waals surface area (Å²) >= 11 is 0. The number of hydrogen-bond acceptors (Lipinski definition) is 9. The zero-order valence-corrected chi connectivity index (χ0v) is 19.2. The molecule has 0 unspecified atom stereocenters. The Morgan fingerprint density at radius 3 is 2.33 bits per heavy atom. The fraction of sp³-hybridized carbons (Fsp3) is 0.409. The van der Waals surface area contributed by atoms with Crippen LogP contribution in [0.5, 0.6) is 11.5 Å².